The fraction of sp³-hybridized carbons (Fsp3) is 0.158. The van der Waals surface area contributed by atoms with Crippen LogP contribution in [0.25, 0.3) is 11.3 Å². The van der Waals surface area contributed by atoms with Crippen LogP contribution in [-0.2, 0) is 6.54 Å². The van der Waals surface area contributed by atoms with Crippen molar-refractivity contribution in [3.63, 3.8) is 0 Å². The number of benzene rings is 2. The zero-order chi connectivity index (χ0) is 18.5. The number of aromatic amines is 1. The Hall–Kier alpha value is -2.31. The van der Waals surface area contributed by atoms with E-state index < -0.39 is 0 Å². The largest absolute Gasteiger partial charge is 0.492 e. The van der Waals surface area contributed by atoms with Gasteiger partial charge in [-0.2, -0.15) is 5.10 Å². The molecule has 7 heteroatoms. The van der Waals surface area contributed by atoms with Gasteiger partial charge in [0, 0.05) is 16.6 Å². The summed E-state index contributed by atoms with van der Waals surface area (Å²) in [7, 11) is 0. The second-order valence-corrected chi connectivity index (χ2v) is 6.87. The third-order valence-corrected chi connectivity index (χ3v) is 4.59. The molecule has 1 amide bonds. The topological polar surface area (TPSA) is 67.0 Å². The van der Waals surface area contributed by atoms with Gasteiger partial charge in [-0.3, -0.25) is 9.89 Å². The van der Waals surface area contributed by atoms with Crippen molar-refractivity contribution in [2.24, 2.45) is 0 Å². The molecule has 0 radical (unpaired) electrons. The number of rotatable bonds is 6. The summed E-state index contributed by atoms with van der Waals surface area (Å²) in [6.45, 7) is 2.86. The van der Waals surface area contributed by atoms with E-state index in [0.29, 0.717) is 35.2 Å². The minimum atomic E-state index is -0.207. The lowest BCUT2D eigenvalue weighted by molar-refractivity contribution is 0.0951. The molecule has 0 bridgehead atoms. The number of nitrogens with one attached hydrogen (secondary N) is 2. The third kappa shape index (κ3) is 4.26. The Kier molecular flexibility index (Phi) is 5.96. The number of ether oxygens (including phenoxy) is 1. The molecule has 3 aromatic rings. The molecule has 0 atom stereocenters. The van der Waals surface area contributed by atoms with Crippen molar-refractivity contribution < 1.29 is 9.53 Å². The Morgan fingerprint density at radius 1 is 1.27 bits per heavy atom. The summed E-state index contributed by atoms with van der Waals surface area (Å²) in [6.07, 6.45) is 1.51. The molecule has 0 spiro atoms. The van der Waals surface area contributed by atoms with Gasteiger partial charge in [0.2, 0.25) is 0 Å². The van der Waals surface area contributed by atoms with Crippen molar-refractivity contribution in [2.45, 2.75) is 13.5 Å². The zero-order valence-corrected chi connectivity index (χ0v) is 16.4. The minimum absolute atomic E-state index is 0.207. The van der Waals surface area contributed by atoms with Gasteiger partial charge in [-0.1, -0.05) is 39.7 Å². The second kappa shape index (κ2) is 8.38. The van der Waals surface area contributed by atoms with Crippen molar-refractivity contribution in [1.82, 2.24) is 15.5 Å². The zero-order valence-electron chi connectivity index (χ0n) is 14.1. The van der Waals surface area contributed by atoms with Crippen LogP contribution in [0.2, 0.25) is 5.02 Å². The molecule has 134 valence electrons. The molecule has 5 nitrogen and oxygen atoms in total. The summed E-state index contributed by atoms with van der Waals surface area (Å²) in [4.78, 5) is 12.6. The van der Waals surface area contributed by atoms with Crippen molar-refractivity contribution in [1.29, 1.82) is 0 Å². The summed E-state index contributed by atoms with van der Waals surface area (Å²) >= 11 is 9.64. The Bertz CT molecular complexity index is 909. The van der Waals surface area contributed by atoms with Gasteiger partial charge in [-0.15, -0.1) is 0 Å². The Morgan fingerprint density at radius 3 is 2.73 bits per heavy atom. The average Bonchev–Trinajstić information content (AvgIpc) is 3.13. The first-order valence-corrected chi connectivity index (χ1v) is 9.24. The van der Waals surface area contributed by atoms with Gasteiger partial charge in [0.05, 0.1) is 29.1 Å². The summed E-state index contributed by atoms with van der Waals surface area (Å²) in [5, 5.41) is 10.3. The molecule has 0 unspecified atom stereocenters. The van der Waals surface area contributed by atoms with E-state index in [-0.39, 0.29) is 5.91 Å². The average molecular weight is 435 g/mol. The van der Waals surface area contributed by atoms with E-state index in [4.69, 9.17) is 16.3 Å². The molecule has 0 aliphatic rings. The van der Waals surface area contributed by atoms with Crippen molar-refractivity contribution in [3.8, 4) is 17.0 Å². The maximum absolute atomic E-state index is 12.6. The molecule has 0 aliphatic heterocycles. The van der Waals surface area contributed by atoms with Crippen LogP contribution in [0.5, 0.6) is 5.75 Å². The van der Waals surface area contributed by atoms with Crippen molar-refractivity contribution >= 4 is 33.4 Å². The van der Waals surface area contributed by atoms with Crippen LogP contribution < -0.4 is 10.1 Å². The van der Waals surface area contributed by atoms with Gasteiger partial charge in [0.25, 0.3) is 5.91 Å². The maximum Gasteiger partial charge on any atom is 0.255 e. The highest BCUT2D eigenvalue weighted by Crippen LogP contribution is 2.31. The minimum Gasteiger partial charge on any atom is -0.492 e. The number of H-pyrrole nitrogens is 1. The summed E-state index contributed by atoms with van der Waals surface area (Å²) in [5.41, 5.74) is 2.85. The summed E-state index contributed by atoms with van der Waals surface area (Å²) in [6, 6.07) is 13.2. The molecule has 1 heterocycles. The Balaban J connectivity index is 1.76. The highest BCUT2D eigenvalue weighted by molar-refractivity contribution is 9.10. The van der Waals surface area contributed by atoms with E-state index in [1.165, 1.54) is 6.20 Å². The monoisotopic (exact) mass is 433 g/mol. The summed E-state index contributed by atoms with van der Waals surface area (Å²) in [5.74, 6) is 0.403. The lowest BCUT2D eigenvalue weighted by atomic mass is 10.1. The number of carbonyl (C=O) groups is 1. The smallest absolute Gasteiger partial charge is 0.255 e. The quantitative estimate of drug-likeness (QED) is 0.584. The van der Waals surface area contributed by atoms with Crippen LogP contribution in [0, 0.1) is 0 Å². The van der Waals surface area contributed by atoms with E-state index in [0.717, 1.165) is 15.6 Å². The number of aromatic nitrogens is 2. The molecule has 0 saturated heterocycles. The third-order valence-electron chi connectivity index (χ3n) is 3.77. The predicted octanol–water partition coefficient (Wildman–Crippen LogP) is 4.82. The molecule has 0 saturated carbocycles. The van der Waals surface area contributed by atoms with E-state index in [2.05, 4.69) is 31.4 Å². The number of halogens is 2. The van der Waals surface area contributed by atoms with Gasteiger partial charge in [-0.25, -0.2) is 0 Å². The van der Waals surface area contributed by atoms with Gasteiger partial charge in [0.1, 0.15) is 5.75 Å². The van der Waals surface area contributed by atoms with Crippen LogP contribution in [0.15, 0.2) is 53.1 Å². The molecule has 26 heavy (non-hydrogen) atoms. The van der Waals surface area contributed by atoms with Gasteiger partial charge < -0.3 is 10.1 Å². The highest BCUT2D eigenvalue weighted by atomic mass is 79.9. The molecular weight excluding hydrogens is 418 g/mol. The number of amides is 1. The van der Waals surface area contributed by atoms with E-state index in [9.17, 15) is 4.79 Å². The number of hydrogen-bond donors (Lipinski definition) is 2. The van der Waals surface area contributed by atoms with Crippen molar-refractivity contribution in [3.05, 3.63) is 69.3 Å². The van der Waals surface area contributed by atoms with Crippen LogP contribution in [0.4, 0.5) is 0 Å². The normalized spacial score (nSPS) is 10.6. The maximum atomic E-state index is 12.6. The highest BCUT2D eigenvalue weighted by Gasteiger charge is 2.16. The van der Waals surface area contributed by atoms with E-state index in [1.807, 2.05) is 37.3 Å². The SMILES string of the molecule is CCOc1ccc(-c2[nH]ncc2C(=O)NCc2ccc(Br)cc2)cc1Cl. The fourth-order valence-electron chi connectivity index (χ4n) is 2.49. The predicted molar refractivity (Wildman–Crippen MR) is 106 cm³/mol. The first kappa shape index (κ1) is 18.5. The van der Waals surface area contributed by atoms with Crippen molar-refractivity contribution in [2.75, 3.05) is 6.61 Å². The standard InChI is InChI=1S/C19H17BrClN3O2/c1-2-26-17-8-5-13(9-16(17)21)18-15(11-23-24-18)19(25)22-10-12-3-6-14(20)7-4-12/h3-9,11H,2,10H2,1H3,(H,22,25)(H,23,24). The number of carbonyl (C=O) groups excluding carboxylic acids is 1. The molecule has 0 fully saturated rings. The van der Waals surface area contributed by atoms with Gasteiger partial charge >= 0.3 is 0 Å². The molecule has 0 aliphatic carbocycles. The van der Waals surface area contributed by atoms with Crippen LogP contribution in [0.1, 0.15) is 22.8 Å². The van der Waals surface area contributed by atoms with E-state index >= 15 is 0 Å². The molecule has 1 aromatic heterocycles. The fourth-order valence-corrected chi connectivity index (χ4v) is 2.99. The lowest BCUT2D eigenvalue weighted by Gasteiger charge is -2.09. The van der Waals surface area contributed by atoms with Crippen LogP contribution >= 0.6 is 27.5 Å². The first-order chi connectivity index (χ1) is 12.6. The lowest BCUT2D eigenvalue weighted by Crippen LogP contribution is -2.22. The number of hydrogen-bond acceptors (Lipinski definition) is 3. The molecule has 2 N–H and O–H groups in total. The molecule has 3 rings (SSSR count). The second-order valence-electron chi connectivity index (χ2n) is 5.55. The van der Waals surface area contributed by atoms with Gasteiger partial charge in [-0.05, 0) is 42.8 Å². The Morgan fingerprint density at radius 2 is 2.04 bits per heavy atom. The van der Waals surface area contributed by atoms with E-state index in [1.54, 1.807) is 12.1 Å². The summed E-state index contributed by atoms with van der Waals surface area (Å²) < 4.78 is 6.44. The van der Waals surface area contributed by atoms with Gasteiger partial charge in [0.15, 0.2) is 0 Å². The number of nitrogens with zero attached hydrogens (tertiary/aromatic N) is 1. The molecule has 2 aromatic carbocycles. The first-order valence-electron chi connectivity index (χ1n) is 8.07. The van der Waals surface area contributed by atoms with Crippen LogP contribution in [-0.4, -0.2) is 22.7 Å². The molecular formula is C19H17BrClN3O2. The Labute approximate surface area is 164 Å². The van der Waals surface area contributed by atoms with Crippen LogP contribution in [0.3, 0.4) is 0 Å².